The first kappa shape index (κ1) is 40.7. The lowest BCUT2D eigenvalue weighted by Gasteiger charge is -2.55. The van der Waals surface area contributed by atoms with Crippen molar-refractivity contribution < 1.29 is 24.3 Å². The van der Waals surface area contributed by atoms with E-state index < -0.39 is 12.2 Å². The average Bonchev–Trinajstić information content (AvgIpc) is 3.57. The fraction of sp³-hybridized carbons (Fsp3) is 0.311. The van der Waals surface area contributed by atoms with Gasteiger partial charge in [0.2, 0.25) is 17.7 Å². The number of aromatic nitrogens is 2. The average molecular weight is 798 g/mol. The van der Waals surface area contributed by atoms with E-state index in [0.717, 1.165) is 35.3 Å². The molecule has 0 saturated carbocycles. The summed E-state index contributed by atoms with van der Waals surface area (Å²) in [5, 5.41) is 20.3. The Morgan fingerprint density at radius 2 is 1.76 bits per heavy atom. The minimum absolute atomic E-state index is 0.0719. The van der Waals surface area contributed by atoms with Gasteiger partial charge in [0.05, 0.1) is 36.1 Å². The van der Waals surface area contributed by atoms with Gasteiger partial charge in [-0.1, -0.05) is 66.7 Å². The number of fused-ring (bicyclic) bond motifs is 2. The van der Waals surface area contributed by atoms with Crippen LogP contribution in [0.25, 0.3) is 10.9 Å². The zero-order chi connectivity index (χ0) is 41.6. The highest BCUT2D eigenvalue weighted by atomic mass is 16.3. The molecule has 3 N–H and O–H groups in total. The Bertz CT molecular complexity index is 2310. The van der Waals surface area contributed by atoms with Crippen molar-refractivity contribution in [3.63, 3.8) is 0 Å². The van der Waals surface area contributed by atoms with Crippen LogP contribution in [0.2, 0.25) is 0 Å². The lowest BCUT2D eigenvalue weighted by atomic mass is 9.97. The fourth-order valence-electron chi connectivity index (χ4n) is 8.02. The van der Waals surface area contributed by atoms with Crippen molar-refractivity contribution in [1.29, 1.82) is 0 Å². The molecular weight excluding hydrogens is 747 g/mol. The summed E-state index contributed by atoms with van der Waals surface area (Å²) in [6, 6.07) is 24.8. The van der Waals surface area contributed by atoms with Gasteiger partial charge < -0.3 is 35.0 Å². The van der Waals surface area contributed by atoms with E-state index in [0.29, 0.717) is 28.9 Å². The maximum absolute atomic E-state index is 14.7. The van der Waals surface area contributed by atoms with Gasteiger partial charge in [-0.15, -0.1) is 6.58 Å². The summed E-state index contributed by atoms with van der Waals surface area (Å²) in [4.78, 5) is 66.6. The molecule has 59 heavy (non-hydrogen) atoms. The molecule has 7 rings (SSSR count). The number of nitrogens with one attached hydrogen (secondary N) is 2. The molecule has 2 atom stereocenters. The van der Waals surface area contributed by atoms with E-state index >= 15 is 0 Å². The Morgan fingerprint density at radius 3 is 2.47 bits per heavy atom. The van der Waals surface area contributed by atoms with E-state index in [4.69, 9.17) is 0 Å². The monoisotopic (exact) mass is 797 g/mol. The van der Waals surface area contributed by atoms with Gasteiger partial charge in [0.15, 0.2) is 0 Å². The molecule has 2 aliphatic rings. The number of hydrazine groups is 1. The van der Waals surface area contributed by atoms with Gasteiger partial charge in [0.1, 0.15) is 23.8 Å². The predicted molar refractivity (Wildman–Crippen MR) is 227 cm³/mol. The number of aryl methyl sites for hydroxylation is 2. The normalized spacial score (nSPS) is 17.1. The zero-order valence-corrected chi connectivity index (χ0v) is 33.8. The number of aromatic hydroxyl groups is 1. The maximum Gasteiger partial charge on any atom is 0.257 e. The van der Waals surface area contributed by atoms with E-state index in [1.807, 2.05) is 80.3 Å². The highest BCUT2D eigenvalue weighted by molar-refractivity contribution is 6.13. The Kier molecular flexibility index (Phi) is 12.4. The number of piperazine rings is 1. The largest absolute Gasteiger partial charge is 0.508 e. The Hall–Kier alpha value is -6.51. The summed E-state index contributed by atoms with van der Waals surface area (Å²) in [6.45, 7) is 5.92. The third kappa shape index (κ3) is 9.14. The number of para-hydroxylation sites is 1. The van der Waals surface area contributed by atoms with Crippen molar-refractivity contribution in [3.05, 3.63) is 132 Å². The minimum Gasteiger partial charge on any atom is -0.508 e. The molecule has 306 valence electrons. The fourth-order valence-corrected chi connectivity index (χ4v) is 8.02. The highest BCUT2D eigenvalue weighted by Crippen LogP contribution is 2.32. The van der Waals surface area contributed by atoms with Gasteiger partial charge in [0, 0.05) is 57.7 Å². The SMILES string of the molecule is C=CCN1CC(=O)N2[C@@H](Cc3ccc(O)cc3)C(=O)N(Cc3cccc4c(C(=O)Nc5ccc(NCCN(C)C)nc5)cn(C)c34)C[C@@H]2N1C(=O)CCc1ccccc1. The molecular formula is C45H51N9O5. The standard InChI is InChI=1S/C45H51N9O5/c1-5-23-52-30-42(57)53-38(25-32-14-18-35(55)19-15-32)45(59)51(29-40(53)54(52)41(56)21-16-31-10-7-6-8-11-31)27-33-12-9-13-36-37(28-50(4)43(33)36)44(58)48-34-17-20-39(47-26-34)46-22-24-49(2)3/h5-15,17-20,26,28,38,40,55H,1,16,21-25,27,29-30H2,2-4H3,(H,46,47)(H,48,58)/t38-,40-/m0/s1. The molecule has 2 aromatic heterocycles. The molecule has 0 unspecified atom stereocenters. The van der Waals surface area contributed by atoms with Gasteiger partial charge in [-0.3, -0.25) is 19.2 Å². The number of amides is 4. The third-order valence-corrected chi connectivity index (χ3v) is 10.8. The topological polar surface area (TPSA) is 147 Å². The van der Waals surface area contributed by atoms with Crippen LogP contribution >= 0.6 is 0 Å². The molecule has 4 heterocycles. The number of anilines is 2. The van der Waals surface area contributed by atoms with E-state index in [1.165, 1.54) is 0 Å². The Balaban J connectivity index is 1.18. The summed E-state index contributed by atoms with van der Waals surface area (Å²) >= 11 is 0. The van der Waals surface area contributed by atoms with Crippen molar-refractivity contribution in [1.82, 2.24) is 34.3 Å². The van der Waals surface area contributed by atoms with Gasteiger partial charge >= 0.3 is 0 Å². The van der Waals surface area contributed by atoms with Gasteiger partial charge in [-0.2, -0.15) is 0 Å². The van der Waals surface area contributed by atoms with Crippen LogP contribution in [0, 0.1) is 0 Å². The predicted octanol–water partition coefficient (Wildman–Crippen LogP) is 4.49. The number of hydrogen-bond donors (Lipinski definition) is 3. The van der Waals surface area contributed by atoms with Crippen LogP contribution in [0.4, 0.5) is 11.5 Å². The number of pyridine rings is 1. The lowest BCUT2D eigenvalue weighted by molar-refractivity contribution is -0.205. The molecule has 4 amide bonds. The number of likely N-dealkylation sites (N-methyl/N-ethyl adjacent to an activating group) is 1. The number of carbonyl (C=O) groups excluding carboxylic acids is 4. The van der Waals surface area contributed by atoms with E-state index in [9.17, 15) is 24.3 Å². The number of hydrogen-bond acceptors (Lipinski definition) is 9. The van der Waals surface area contributed by atoms with Gasteiger partial charge in [-0.25, -0.2) is 15.0 Å². The second-order valence-corrected chi connectivity index (χ2v) is 15.3. The first-order valence-electron chi connectivity index (χ1n) is 19.8. The van der Waals surface area contributed by atoms with Gasteiger partial charge in [0.25, 0.3) is 5.91 Å². The molecule has 0 spiro atoms. The molecule has 14 heteroatoms. The summed E-state index contributed by atoms with van der Waals surface area (Å²) in [5.41, 5.74) is 4.39. The number of rotatable bonds is 15. The highest BCUT2D eigenvalue weighted by Gasteiger charge is 2.51. The van der Waals surface area contributed by atoms with Crippen LogP contribution in [-0.4, -0.2) is 122 Å². The zero-order valence-electron chi connectivity index (χ0n) is 33.8. The van der Waals surface area contributed by atoms with Crippen LogP contribution in [0.15, 0.2) is 110 Å². The van der Waals surface area contributed by atoms with E-state index in [2.05, 4.69) is 27.1 Å². The number of nitrogens with zero attached hydrogens (tertiary/aromatic N) is 7. The number of phenolic OH excluding ortho intramolecular Hbond substituents is 1. The van der Waals surface area contributed by atoms with E-state index in [-0.39, 0.29) is 68.4 Å². The van der Waals surface area contributed by atoms with Crippen molar-refractivity contribution in [2.24, 2.45) is 7.05 Å². The number of benzene rings is 3. The summed E-state index contributed by atoms with van der Waals surface area (Å²) in [6.07, 6.45) is 5.19. The third-order valence-electron chi connectivity index (χ3n) is 10.8. The van der Waals surface area contributed by atoms with Crippen LogP contribution in [0.3, 0.4) is 0 Å². The Labute approximate surface area is 344 Å². The second-order valence-electron chi connectivity index (χ2n) is 15.3. The van der Waals surface area contributed by atoms with Crippen LogP contribution in [0.1, 0.15) is 33.5 Å². The summed E-state index contributed by atoms with van der Waals surface area (Å²) < 4.78 is 1.89. The summed E-state index contributed by atoms with van der Waals surface area (Å²) in [5.74, 6) is -0.171. The lowest BCUT2D eigenvalue weighted by Crippen LogP contribution is -2.75. The molecule has 0 aliphatic carbocycles. The van der Waals surface area contributed by atoms with Crippen LogP contribution < -0.4 is 10.6 Å². The summed E-state index contributed by atoms with van der Waals surface area (Å²) in [7, 11) is 5.88. The van der Waals surface area contributed by atoms with Crippen molar-refractivity contribution in [2.75, 3.05) is 57.5 Å². The first-order chi connectivity index (χ1) is 28.5. The minimum atomic E-state index is -0.918. The van der Waals surface area contributed by atoms with Gasteiger partial charge in [-0.05, 0) is 61.5 Å². The quantitative estimate of drug-likeness (QED) is 0.131. The first-order valence-corrected chi connectivity index (χ1v) is 19.8. The van der Waals surface area contributed by atoms with Crippen molar-refractivity contribution in [2.45, 2.75) is 38.0 Å². The number of carbonyl (C=O) groups is 4. The molecule has 5 aromatic rings. The molecule has 0 bridgehead atoms. The Morgan fingerprint density at radius 1 is 0.983 bits per heavy atom. The second kappa shape index (κ2) is 18.0. The molecule has 2 aliphatic heterocycles. The molecule has 0 radical (unpaired) electrons. The number of phenols is 1. The van der Waals surface area contributed by atoms with Crippen LogP contribution in [0.5, 0.6) is 5.75 Å². The maximum atomic E-state index is 14.7. The smallest absolute Gasteiger partial charge is 0.257 e. The van der Waals surface area contributed by atoms with Crippen molar-refractivity contribution >= 4 is 46.0 Å². The molecule has 3 aromatic carbocycles. The molecule has 14 nitrogen and oxygen atoms in total. The molecule has 2 fully saturated rings. The van der Waals surface area contributed by atoms with Crippen molar-refractivity contribution in [3.8, 4) is 5.75 Å². The molecule has 2 saturated heterocycles. The van der Waals surface area contributed by atoms with Crippen LogP contribution in [-0.2, 0) is 40.8 Å². The van der Waals surface area contributed by atoms with E-state index in [1.54, 1.807) is 68.6 Å².